The molecule has 0 spiro atoms. The maximum atomic E-state index is 10.8. The summed E-state index contributed by atoms with van der Waals surface area (Å²) in [6.07, 6.45) is 2.51. The highest BCUT2D eigenvalue weighted by molar-refractivity contribution is 5.76. The van der Waals surface area contributed by atoms with E-state index in [1.807, 2.05) is 31.2 Å². The molecule has 0 saturated carbocycles. The Morgan fingerprint density at radius 2 is 2.18 bits per heavy atom. The summed E-state index contributed by atoms with van der Waals surface area (Å²) in [4.78, 5) is 18.2. The van der Waals surface area contributed by atoms with Gasteiger partial charge in [-0.05, 0) is 12.0 Å². The molecule has 0 aliphatic rings. The van der Waals surface area contributed by atoms with Crippen molar-refractivity contribution in [1.82, 2.24) is 9.97 Å². The van der Waals surface area contributed by atoms with Crippen LogP contribution in [0.1, 0.15) is 18.2 Å². The van der Waals surface area contributed by atoms with E-state index in [1.165, 1.54) is 0 Å². The highest BCUT2D eigenvalue weighted by Gasteiger charge is 2.12. The molecule has 0 saturated heterocycles. The summed E-state index contributed by atoms with van der Waals surface area (Å²) in [6, 6.07) is 7.49. The Labute approximate surface area is 99.3 Å². The second-order valence-corrected chi connectivity index (χ2v) is 3.81. The lowest BCUT2D eigenvalue weighted by Gasteiger charge is -2.06. The predicted octanol–water partition coefficient (Wildman–Crippen LogP) is 2.27. The first-order chi connectivity index (χ1) is 8.22. The van der Waals surface area contributed by atoms with Crippen molar-refractivity contribution in [1.29, 1.82) is 0 Å². The van der Waals surface area contributed by atoms with Crippen molar-refractivity contribution in [2.45, 2.75) is 19.8 Å². The van der Waals surface area contributed by atoms with Crippen LogP contribution in [0.25, 0.3) is 11.3 Å². The van der Waals surface area contributed by atoms with E-state index in [-0.39, 0.29) is 6.42 Å². The van der Waals surface area contributed by atoms with Crippen LogP contribution in [0, 0.1) is 0 Å². The highest BCUT2D eigenvalue weighted by Crippen LogP contribution is 2.25. The van der Waals surface area contributed by atoms with Crippen LogP contribution in [0.2, 0.25) is 0 Å². The van der Waals surface area contributed by atoms with E-state index in [0.717, 1.165) is 28.9 Å². The summed E-state index contributed by atoms with van der Waals surface area (Å²) in [6.45, 7) is 2.04. The maximum Gasteiger partial charge on any atom is 0.307 e. The number of aliphatic carboxylic acids is 1. The van der Waals surface area contributed by atoms with Gasteiger partial charge in [-0.15, -0.1) is 0 Å². The molecule has 17 heavy (non-hydrogen) atoms. The second kappa shape index (κ2) is 4.82. The zero-order valence-electron chi connectivity index (χ0n) is 9.60. The summed E-state index contributed by atoms with van der Waals surface area (Å²) in [5.74, 6) is -0.828. The number of carboxylic acids is 1. The van der Waals surface area contributed by atoms with Crippen LogP contribution in [0.15, 0.2) is 30.6 Å². The number of hydrogen-bond donors (Lipinski definition) is 2. The van der Waals surface area contributed by atoms with E-state index < -0.39 is 5.97 Å². The van der Waals surface area contributed by atoms with Gasteiger partial charge in [0.25, 0.3) is 0 Å². The van der Waals surface area contributed by atoms with Gasteiger partial charge in [-0.2, -0.15) is 0 Å². The van der Waals surface area contributed by atoms with Crippen molar-refractivity contribution in [3.63, 3.8) is 0 Å². The summed E-state index contributed by atoms with van der Waals surface area (Å²) in [5.41, 5.74) is 3.57. The number of aryl methyl sites for hydroxylation is 1. The second-order valence-electron chi connectivity index (χ2n) is 3.81. The van der Waals surface area contributed by atoms with Crippen molar-refractivity contribution in [3.05, 3.63) is 41.9 Å². The highest BCUT2D eigenvalue weighted by atomic mass is 16.4. The van der Waals surface area contributed by atoms with Gasteiger partial charge in [0.1, 0.15) is 0 Å². The van der Waals surface area contributed by atoms with Gasteiger partial charge >= 0.3 is 5.97 Å². The normalized spacial score (nSPS) is 10.4. The van der Waals surface area contributed by atoms with Crippen LogP contribution in [0.5, 0.6) is 0 Å². The lowest BCUT2D eigenvalue weighted by atomic mass is 10.0. The first kappa shape index (κ1) is 11.4. The Morgan fingerprint density at radius 1 is 1.41 bits per heavy atom. The Morgan fingerprint density at radius 3 is 2.88 bits per heavy atom. The van der Waals surface area contributed by atoms with Gasteiger partial charge in [-0.1, -0.05) is 31.2 Å². The van der Waals surface area contributed by atoms with Gasteiger partial charge in [-0.25, -0.2) is 4.98 Å². The Hall–Kier alpha value is -2.10. The van der Waals surface area contributed by atoms with E-state index in [1.54, 1.807) is 6.33 Å². The SMILES string of the molecule is CCc1[nH]cnc1-c1ccccc1CC(=O)O. The summed E-state index contributed by atoms with van der Waals surface area (Å²) in [5, 5.41) is 8.89. The largest absolute Gasteiger partial charge is 0.481 e. The number of rotatable bonds is 4. The van der Waals surface area contributed by atoms with E-state index >= 15 is 0 Å². The minimum atomic E-state index is -0.828. The monoisotopic (exact) mass is 230 g/mol. The Bertz CT molecular complexity index is 532. The molecule has 0 aliphatic heterocycles. The van der Waals surface area contributed by atoms with Gasteiger partial charge < -0.3 is 10.1 Å². The van der Waals surface area contributed by atoms with E-state index in [0.29, 0.717) is 0 Å². The molecule has 0 fully saturated rings. The van der Waals surface area contributed by atoms with Crippen LogP contribution in [-0.4, -0.2) is 21.0 Å². The van der Waals surface area contributed by atoms with Crippen LogP contribution >= 0.6 is 0 Å². The summed E-state index contributed by atoms with van der Waals surface area (Å²) < 4.78 is 0. The molecule has 0 amide bonds. The van der Waals surface area contributed by atoms with Crippen molar-refractivity contribution in [3.8, 4) is 11.3 Å². The topological polar surface area (TPSA) is 66.0 Å². The average Bonchev–Trinajstić information content (AvgIpc) is 2.77. The van der Waals surface area contributed by atoms with Crippen LogP contribution in [0.4, 0.5) is 0 Å². The van der Waals surface area contributed by atoms with Gasteiger partial charge in [0, 0.05) is 11.3 Å². The molecule has 1 heterocycles. The molecule has 0 radical (unpaired) electrons. The fourth-order valence-electron chi connectivity index (χ4n) is 1.89. The van der Waals surface area contributed by atoms with Gasteiger partial charge in [-0.3, -0.25) is 4.79 Å². The molecule has 1 aromatic carbocycles. The number of carbonyl (C=O) groups is 1. The predicted molar refractivity (Wildman–Crippen MR) is 64.7 cm³/mol. The fraction of sp³-hybridized carbons (Fsp3) is 0.231. The van der Waals surface area contributed by atoms with Gasteiger partial charge in [0.15, 0.2) is 0 Å². The zero-order chi connectivity index (χ0) is 12.3. The fourth-order valence-corrected chi connectivity index (χ4v) is 1.89. The number of benzene rings is 1. The molecule has 4 heteroatoms. The first-order valence-electron chi connectivity index (χ1n) is 5.54. The zero-order valence-corrected chi connectivity index (χ0v) is 9.60. The molecule has 0 atom stereocenters. The smallest absolute Gasteiger partial charge is 0.307 e. The molecule has 2 N–H and O–H groups in total. The van der Waals surface area contributed by atoms with E-state index in [9.17, 15) is 4.79 Å². The van der Waals surface area contributed by atoms with Crippen molar-refractivity contribution in [2.75, 3.05) is 0 Å². The maximum absolute atomic E-state index is 10.8. The third-order valence-electron chi connectivity index (χ3n) is 2.69. The van der Waals surface area contributed by atoms with Crippen LogP contribution in [-0.2, 0) is 17.6 Å². The number of aromatic nitrogens is 2. The summed E-state index contributed by atoms with van der Waals surface area (Å²) >= 11 is 0. The van der Waals surface area contributed by atoms with E-state index in [4.69, 9.17) is 5.11 Å². The Balaban J connectivity index is 2.48. The molecule has 0 bridgehead atoms. The van der Waals surface area contributed by atoms with E-state index in [2.05, 4.69) is 9.97 Å². The third kappa shape index (κ3) is 2.36. The third-order valence-corrected chi connectivity index (χ3v) is 2.69. The van der Waals surface area contributed by atoms with Gasteiger partial charge in [0.2, 0.25) is 0 Å². The average molecular weight is 230 g/mol. The molecular weight excluding hydrogens is 216 g/mol. The van der Waals surface area contributed by atoms with Gasteiger partial charge in [0.05, 0.1) is 18.4 Å². The molecule has 0 unspecified atom stereocenters. The van der Waals surface area contributed by atoms with Crippen molar-refractivity contribution in [2.24, 2.45) is 0 Å². The number of nitrogens with zero attached hydrogens (tertiary/aromatic N) is 1. The number of aromatic amines is 1. The molecular formula is C13H14N2O2. The minimum absolute atomic E-state index is 0.0200. The first-order valence-corrected chi connectivity index (χ1v) is 5.54. The number of carboxylic acid groups (broad SMARTS) is 1. The molecule has 0 aliphatic carbocycles. The quantitative estimate of drug-likeness (QED) is 0.846. The van der Waals surface area contributed by atoms with Crippen molar-refractivity contribution < 1.29 is 9.90 Å². The molecule has 1 aromatic heterocycles. The number of hydrogen-bond acceptors (Lipinski definition) is 2. The Kier molecular flexibility index (Phi) is 3.23. The van der Waals surface area contributed by atoms with Crippen molar-refractivity contribution >= 4 is 5.97 Å². The molecule has 88 valence electrons. The lowest BCUT2D eigenvalue weighted by molar-refractivity contribution is -0.136. The number of imidazole rings is 1. The van der Waals surface area contributed by atoms with Crippen LogP contribution < -0.4 is 0 Å². The molecule has 4 nitrogen and oxygen atoms in total. The molecule has 2 rings (SSSR count). The number of nitrogens with one attached hydrogen (secondary N) is 1. The summed E-state index contributed by atoms with van der Waals surface area (Å²) in [7, 11) is 0. The standard InChI is InChI=1S/C13H14N2O2/c1-2-11-13(15-8-14-11)10-6-4-3-5-9(10)7-12(16)17/h3-6,8H,2,7H2,1H3,(H,14,15)(H,16,17). The van der Waals surface area contributed by atoms with Crippen LogP contribution in [0.3, 0.4) is 0 Å². The number of H-pyrrole nitrogens is 1. The lowest BCUT2D eigenvalue weighted by Crippen LogP contribution is -2.02. The molecule has 2 aromatic rings. The minimum Gasteiger partial charge on any atom is -0.481 e.